The van der Waals surface area contributed by atoms with E-state index >= 15 is 0 Å². The number of nitrogens with one attached hydrogen (secondary N) is 1. The zero-order chi connectivity index (χ0) is 12.3. The van der Waals surface area contributed by atoms with Crippen molar-refractivity contribution in [2.24, 2.45) is 11.7 Å². The Morgan fingerprint density at radius 1 is 1.44 bits per heavy atom. The van der Waals surface area contributed by atoms with Crippen LogP contribution in [0.4, 0.5) is 5.69 Å². The number of anilines is 1. The van der Waals surface area contributed by atoms with Crippen LogP contribution in [0.15, 0.2) is 18.2 Å². The molecule has 0 spiro atoms. The molecular formula is C12H18N2O2. The number of nitrogens with two attached hydrogens (primary N) is 1. The standard InChI is InChI=1S/C12H18N2O2/c1-7(2)11(13)12(16)14-9-5-4-8(3)6-10(9)15/h4-7,11,15H,13H2,1-3H3,(H,14,16)/t11-/m0/s1. The van der Waals surface area contributed by atoms with Crippen LogP contribution in [-0.4, -0.2) is 17.1 Å². The zero-order valence-electron chi connectivity index (χ0n) is 9.82. The number of amides is 1. The van der Waals surface area contributed by atoms with Gasteiger partial charge in [0.1, 0.15) is 5.75 Å². The molecule has 0 heterocycles. The predicted octanol–water partition coefficient (Wildman–Crippen LogP) is 1.62. The van der Waals surface area contributed by atoms with Gasteiger partial charge < -0.3 is 16.2 Å². The molecule has 0 aromatic heterocycles. The lowest BCUT2D eigenvalue weighted by Crippen LogP contribution is -2.39. The van der Waals surface area contributed by atoms with Gasteiger partial charge >= 0.3 is 0 Å². The van der Waals surface area contributed by atoms with Crippen LogP contribution in [-0.2, 0) is 4.79 Å². The first-order valence-electron chi connectivity index (χ1n) is 5.28. The number of phenolic OH excluding ortho intramolecular Hbond substituents is 1. The van der Waals surface area contributed by atoms with Gasteiger partial charge in [-0.15, -0.1) is 0 Å². The van der Waals surface area contributed by atoms with Crippen LogP contribution < -0.4 is 11.1 Å². The molecule has 0 aliphatic carbocycles. The summed E-state index contributed by atoms with van der Waals surface area (Å²) >= 11 is 0. The van der Waals surface area contributed by atoms with Crippen LogP contribution in [0.5, 0.6) is 5.75 Å². The fourth-order valence-electron chi connectivity index (χ4n) is 1.27. The first-order valence-corrected chi connectivity index (χ1v) is 5.28. The van der Waals surface area contributed by atoms with Crippen LogP contribution in [0.1, 0.15) is 19.4 Å². The Labute approximate surface area is 95.5 Å². The van der Waals surface area contributed by atoms with Gasteiger partial charge in [-0.25, -0.2) is 0 Å². The summed E-state index contributed by atoms with van der Waals surface area (Å²) in [5.41, 5.74) is 7.02. The fraction of sp³-hybridized carbons (Fsp3) is 0.417. The highest BCUT2D eigenvalue weighted by atomic mass is 16.3. The van der Waals surface area contributed by atoms with Gasteiger partial charge in [-0.05, 0) is 30.5 Å². The quantitative estimate of drug-likeness (QED) is 0.680. The molecule has 16 heavy (non-hydrogen) atoms. The number of rotatable bonds is 3. The summed E-state index contributed by atoms with van der Waals surface area (Å²) < 4.78 is 0. The Kier molecular flexibility index (Phi) is 3.90. The minimum absolute atomic E-state index is 0.0595. The van der Waals surface area contributed by atoms with Crippen LogP contribution in [0, 0.1) is 12.8 Å². The largest absolute Gasteiger partial charge is 0.506 e. The fourth-order valence-corrected chi connectivity index (χ4v) is 1.27. The van der Waals surface area contributed by atoms with Crippen molar-refractivity contribution in [2.75, 3.05) is 5.32 Å². The average molecular weight is 222 g/mol. The molecule has 0 unspecified atom stereocenters. The van der Waals surface area contributed by atoms with Crippen LogP contribution in [0.25, 0.3) is 0 Å². The van der Waals surface area contributed by atoms with Crippen LogP contribution in [0.3, 0.4) is 0 Å². The molecule has 0 saturated carbocycles. The van der Waals surface area contributed by atoms with Gasteiger partial charge in [-0.2, -0.15) is 0 Å². The highest BCUT2D eigenvalue weighted by molar-refractivity contribution is 5.96. The van der Waals surface area contributed by atoms with Crippen molar-refractivity contribution in [2.45, 2.75) is 26.8 Å². The van der Waals surface area contributed by atoms with E-state index in [-0.39, 0.29) is 17.6 Å². The van der Waals surface area contributed by atoms with Gasteiger partial charge in [0.25, 0.3) is 0 Å². The Morgan fingerprint density at radius 2 is 2.06 bits per heavy atom. The maximum atomic E-state index is 11.6. The Balaban J connectivity index is 2.77. The number of phenols is 1. The molecule has 4 N–H and O–H groups in total. The summed E-state index contributed by atoms with van der Waals surface area (Å²) in [6, 6.07) is 4.50. The average Bonchev–Trinajstić information content (AvgIpc) is 2.20. The van der Waals surface area contributed by atoms with Crippen molar-refractivity contribution in [3.8, 4) is 5.75 Å². The van der Waals surface area contributed by atoms with Crippen molar-refractivity contribution in [1.82, 2.24) is 0 Å². The maximum Gasteiger partial charge on any atom is 0.241 e. The van der Waals surface area contributed by atoms with E-state index in [4.69, 9.17) is 5.73 Å². The number of aromatic hydroxyl groups is 1. The molecule has 0 aliphatic rings. The van der Waals surface area contributed by atoms with Gasteiger partial charge in [-0.3, -0.25) is 4.79 Å². The van der Waals surface area contributed by atoms with Gasteiger partial charge in [0.05, 0.1) is 11.7 Å². The molecule has 1 aromatic rings. The summed E-state index contributed by atoms with van der Waals surface area (Å²) in [5.74, 6) is -0.161. The Morgan fingerprint density at radius 3 is 2.56 bits per heavy atom. The monoisotopic (exact) mass is 222 g/mol. The molecule has 1 amide bonds. The van der Waals surface area contributed by atoms with Crippen molar-refractivity contribution in [3.63, 3.8) is 0 Å². The minimum Gasteiger partial charge on any atom is -0.506 e. The number of aryl methyl sites for hydroxylation is 1. The number of benzene rings is 1. The maximum absolute atomic E-state index is 11.6. The van der Waals surface area contributed by atoms with E-state index in [2.05, 4.69) is 5.32 Å². The molecule has 0 saturated heterocycles. The van der Waals surface area contributed by atoms with Crippen molar-refractivity contribution in [1.29, 1.82) is 0 Å². The van der Waals surface area contributed by atoms with Crippen LogP contribution >= 0.6 is 0 Å². The minimum atomic E-state index is -0.569. The summed E-state index contributed by atoms with van der Waals surface area (Å²) in [4.78, 5) is 11.6. The summed E-state index contributed by atoms with van der Waals surface area (Å²) in [5, 5.41) is 12.2. The second kappa shape index (κ2) is 4.99. The van der Waals surface area contributed by atoms with E-state index in [1.807, 2.05) is 26.8 Å². The van der Waals surface area contributed by atoms with Gasteiger partial charge in [0.15, 0.2) is 0 Å². The number of hydrogen-bond donors (Lipinski definition) is 3. The lowest BCUT2D eigenvalue weighted by Gasteiger charge is -2.16. The molecule has 0 bridgehead atoms. The molecule has 4 nitrogen and oxygen atoms in total. The van der Waals surface area contributed by atoms with Gasteiger partial charge in [0, 0.05) is 0 Å². The molecule has 0 radical (unpaired) electrons. The van der Waals surface area contributed by atoms with Gasteiger partial charge in [0.2, 0.25) is 5.91 Å². The topological polar surface area (TPSA) is 75.4 Å². The van der Waals surface area contributed by atoms with E-state index in [9.17, 15) is 9.90 Å². The van der Waals surface area contributed by atoms with Crippen LogP contribution in [0.2, 0.25) is 0 Å². The number of carbonyl (C=O) groups excluding carboxylic acids is 1. The number of carbonyl (C=O) groups is 1. The molecule has 0 aliphatic heterocycles. The number of hydrogen-bond acceptors (Lipinski definition) is 3. The van der Waals surface area contributed by atoms with E-state index in [0.29, 0.717) is 5.69 Å². The highest BCUT2D eigenvalue weighted by Gasteiger charge is 2.18. The molecule has 1 atom stereocenters. The van der Waals surface area contributed by atoms with E-state index in [0.717, 1.165) is 5.56 Å². The lowest BCUT2D eigenvalue weighted by atomic mass is 10.0. The van der Waals surface area contributed by atoms with Crippen molar-refractivity contribution < 1.29 is 9.90 Å². The van der Waals surface area contributed by atoms with Crippen molar-refractivity contribution in [3.05, 3.63) is 23.8 Å². The molecule has 88 valence electrons. The van der Waals surface area contributed by atoms with E-state index < -0.39 is 6.04 Å². The highest BCUT2D eigenvalue weighted by Crippen LogP contribution is 2.24. The zero-order valence-corrected chi connectivity index (χ0v) is 9.82. The third-order valence-corrected chi connectivity index (χ3v) is 2.43. The van der Waals surface area contributed by atoms with E-state index in [1.165, 1.54) is 0 Å². The van der Waals surface area contributed by atoms with E-state index in [1.54, 1.807) is 12.1 Å². The molecule has 1 aromatic carbocycles. The normalized spacial score (nSPS) is 12.6. The Bertz CT molecular complexity index is 389. The Hall–Kier alpha value is -1.55. The molecule has 0 fully saturated rings. The smallest absolute Gasteiger partial charge is 0.241 e. The molecular weight excluding hydrogens is 204 g/mol. The third kappa shape index (κ3) is 2.97. The van der Waals surface area contributed by atoms with Gasteiger partial charge in [-0.1, -0.05) is 19.9 Å². The third-order valence-electron chi connectivity index (χ3n) is 2.43. The summed E-state index contributed by atoms with van der Waals surface area (Å²) in [6.07, 6.45) is 0. The first-order chi connectivity index (χ1) is 7.41. The molecule has 4 heteroatoms. The second-order valence-electron chi connectivity index (χ2n) is 4.28. The summed E-state index contributed by atoms with van der Waals surface area (Å²) in [7, 11) is 0. The lowest BCUT2D eigenvalue weighted by molar-refractivity contribution is -0.118. The van der Waals surface area contributed by atoms with Crippen molar-refractivity contribution >= 4 is 11.6 Å². The predicted molar refractivity (Wildman–Crippen MR) is 64.3 cm³/mol. The SMILES string of the molecule is Cc1ccc(NC(=O)[C@@H](N)C(C)C)c(O)c1. The summed E-state index contributed by atoms with van der Waals surface area (Å²) in [6.45, 7) is 5.61. The molecule has 1 rings (SSSR count). The first kappa shape index (κ1) is 12.5. The second-order valence-corrected chi connectivity index (χ2v) is 4.28.